The number of fused-ring (bicyclic) bond motifs is 1. The molecular formula is C35H36BrFN4O3. The molecule has 4 aromatic rings. The van der Waals surface area contributed by atoms with Gasteiger partial charge in [-0.3, -0.25) is 0 Å². The van der Waals surface area contributed by atoms with Crippen molar-refractivity contribution in [3.8, 4) is 17.1 Å². The summed E-state index contributed by atoms with van der Waals surface area (Å²) in [7, 11) is 0. The predicted octanol–water partition coefficient (Wildman–Crippen LogP) is 6.53. The largest absolute Gasteiger partial charge is 0.491 e. The van der Waals surface area contributed by atoms with Crippen molar-refractivity contribution in [2.75, 3.05) is 54.5 Å². The van der Waals surface area contributed by atoms with Gasteiger partial charge in [0.2, 0.25) is 5.79 Å². The van der Waals surface area contributed by atoms with E-state index in [4.69, 9.17) is 24.2 Å². The fourth-order valence-corrected chi connectivity index (χ4v) is 6.94. The van der Waals surface area contributed by atoms with Crippen LogP contribution in [0.4, 0.5) is 15.9 Å². The molecule has 2 unspecified atom stereocenters. The van der Waals surface area contributed by atoms with E-state index in [0.29, 0.717) is 18.5 Å². The third-order valence-electron chi connectivity index (χ3n) is 8.73. The molecule has 44 heavy (non-hydrogen) atoms. The van der Waals surface area contributed by atoms with E-state index in [1.165, 1.54) is 41.9 Å². The Morgan fingerprint density at radius 3 is 2.34 bits per heavy atom. The van der Waals surface area contributed by atoms with E-state index in [2.05, 4.69) is 62.1 Å². The van der Waals surface area contributed by atoms with E-state index in [-0.39, 0.29) is 11.9 Å². The molecule has 0 saturated carbocycles. The molecule has 7 nitrogen and oxygen atoms in total. The summed E-state index contributed by atoms with van der Waals surface area (Å²) in [4.78, 5) is 15.0. The molecule has 1 aliphatic carbocycles. The van der Waals surface area contributed by atoms with E-state index in [1.54, 1.807) is 12.1 Å². The van der Waals surface area contributed by atoms with Crippen LogP contribution in [0.15, 0.2) is 78.9 Å². The van der Waals surface area contributed by atoms with Crippen molar-refractivity contribution in [3.63, 3.8) is 0 Å². The number of hydrogen-bond donors (Lipinski definition) is 0. The van der Waals surface area contributed by atoms with Crippen LogP contribution in [0.25, 0.3) is 11.4 Å². The third kappa shape index (κ3) is 6.05. The lowest BCUT2D eigenvalue weighted by Gasteiger charge is -2.38. The first-order chi connectivity index (χ1) is 21.6. The zero-order valence-electron chi connectivity index (χ0n) is 24.6. The highest BCUT2D eigenvalue weighted by Crippen LogP contribution is 2.37. The molecule has 9 heteroatoms. The Balaban J connectivity index is 0.962. The fraction of sp³-hybridized carbons (Fsp3) is 0.371. The van der Waals surface area contributed by atoms with Crippen LogP contribution >= 0.6 is 15.9 Å². The Morgan fingerprint density at radius 2 is 1.59 bits per heavy atom. The summed E-state index contributed by atoms with van der Waals surface area (Å²) in [6.45, 7) is 4.43. The van der Waals surface area contributed by atoms with Gasteiger partial charge in [-0.25, -0.2) is 14.4 Å². The summed E-state index contributed by atoms with van der Waals surface area (Å²) in [5.74, 6) is 1.52. The zero-order chi connectivity index (χ0) is 29.9. The number of ether oxygens (including phenoxy) is 3. The van der Waals surface area contributed by atoms with Gasteiger partial charge < -0.3 is 24.0 Å². The van der Waals surface area contributed by atoms with E-state index < -0.39 is 5.79 Å². The highest BCUT2D eigenvalue weighted by atomic mass is 79.9. The van der Waals surface area contributed by atoms with Crippen LogP contribution in [0.5, 0.6) is 5.75 Å². The minimum absolute atomic E-state index is 0.236. The van der Waals surface area contributed by atoms with Gasteiger partial charge >= 0.3 is 0 Å². The molecule has 7 rings (SSSR count). The molecule has 0 N–H and O–H groups in total. The Bertz CT molecular complexity index is 1570. The Labute approximate surface area is 266 Å². The smallest absolute Gasteiger partial charge is 0.205 e. The minimum Gasteiger partial charge on any atom is -0.491 e. The third-order valence-corrected chi connectivity index (χ3v) is 9.47. The van der Waals surface area contributed by atoms with Crippen molar-refractivity contribution >= 4 is 27.4 Å². The molecule has 1 aromatic heterocycles. The number of alkyl halides is 1. The number of rotatable bonds is 8. The maximum atomic E-state index is 13.4. The minimum atomic E-state index is -0.943. The van der Waals surface area contributed by atoms with Gasteiger partial charge in [0.15, 0.2) is 5.82 Å². The molecule has 2 atom stereocenters. The molecule has 2 saturated heterocycles. The van der Waals surface area contributed by atoms with E-state index in [1.807, 2.05) is 18.2 Å². The van der Waals surface area contributed by atoms with Gasteiger partial charge in [-0.2, -0.15) is 0 Å². The summed E-state index contributed by atoms with van der Waals surface area (Å²) in [6, 6.07) is 24.8. The lowest BCUT2D eigenvalue weighted by Crippen LogP contribution is -2.47. The fourth-order valence-electron chi connectivity index (χ4n) is 6.32. The molecule has 228 valence electrons. The number of aromatic nitrogens is 2. The maximum absolute atomic E-state index is 13.4. The zero-order valence-corrected chi connectivity index (χ0v) is 26.2. The second-order valence-corrected chi connectivity index (χ2v) is 12.2. The maximum Gasteiger partial charge on any atom is 0.205 e. The van der Waals surface area contributed by atoms with Crippen molar-refractivity contribution in [3.05, 3.63) is 102 Å². The van der Waals surface area contributed by atoms with Crippen molar-refractivity contribution < 1.29 is 18.6 Å². The average Bonchev–Trinajstić information content (AvgIpc) is 3.52. The van der Waals surface area contributed by atoms with Gasteiger partial charge in [-0.1, -0.05) is 58.4 Å². The lowest BCUT2D eigenvalue weighted by atomic mass is 9.95. The Hall–Kier alpha value is -3.53. The van der Waals surface area contributed by atoms with Crippen LogP contribution < -0.4 is 14.5 Å². The standard InChI is InChI=1S/C35H36BrFN4O3/c36-24-35(26-10-12-27(37)13-11-26)43-23-30(44-35)22-42-29-16-14-28(15-17-29)40-18-20-41(21-19-40)34-31-8-4-5-9-32(31)38-33(39-34)25-6-2-1-3-7-25/h1-3,6-7,10-17,30H,4-5,8-9,18-24H2. The molecule has 0 radical (unpaired) electrons. The summed E-state index contributed by atoms with van der Waals surface area (Å²) in [5, 5.41) is 0.442. The molecule has 3 aliphatic rings. The molecule has 0 amide bonds. The number of halogens is 2. The number of anilines is 2. The number of hydrogen-bond acceptors (Lipinski definition) is 7. The highest BCUT2D eigenvalue weighted by molar-refractivity contribution is 9.09. The van der Waals surface area contributed by atoms with Gasteiger partial charge in [0.25, 0.3) is 0 Å². The van der Waals surface area contributed by atoms with E-state index in [9.17, 15) is 4.39 Å². The van der Waals surface area contributed by atoms with Crippen LogP contribution in [-0.4, -0.2) is 60.8 Å². The number of piperazine rings is 1. The normalized spacial score (nSPS) is 21.7. The highest BCUT2D eigenvalue weighted by Gasteiger charge is 2.42. The summed E-state index contributed by atoms with van der Waals surface area (Å²) >= 11 is 3.51. The van der Waals surface area contributed by atoms with Crippen LogP contribution in [0.1, 0.15) is 29.7 Å². The SMILES string of the molecule is Fc1ccc(C2(CBr)OCC(COc3ccc(N4CCN(c5nc(-c6ccccc6)nc6c5CCCC6)CC4)cc3)O2)cc1. The number of nitrogens with zero attached hydrogens (tertiary/aromatic N) is 4. The van der Waals surface area contributed by atoms with Crippen molar-refractivity contribution in [2.45, 2.75) is 37.6 Å². The van der Waals surface area contributed by atoms with Crippen LogP contribution in [0.3, 0.4) is 0 Å². The molecule has 0 spiro atoms. The Kier molecular flexibility index (Phi) is 8.51. The van der Waals surface area contributed by atoms with Crippen molar-refractivity contribution in [1.82, 2.24) is 9.97 Å². The topological polar surface area (TPSA) is 60.0 Å². The molecule has 2 aliphatic heterocycles. The monoisotopic (exact) mass is 658 g/mol. The summed E-state index contributed by atoms with van der Waals surface area (Å²) in [5.41, 5.74) is 5.60. The van der Waals surface area contributed by atoms with Crippen LogP contribution in [0, 0.1) is 5.82 Å². The molecular weight excluding hydrogens is 623 g/mol. The van der Waals surface area contributed by atoms with Gasteiger partial charge in [0.1, 0.15) is 30.1 Å². The van der Waals surface area contributed by atoms with Crippen LogP contribution in [-0.2, 0) is 28.1 Å². The summed E-state index contributed by atoms with van der Waals surface area (Å²) in [6.07, 6.45) is 4.25. The predicted molar refractivity (Wildman–Crippen MR) is 173 cm³/mol. The van der Waals surface area contributed by atoms with Gasteiger partial charge in [0, 0.05) is 54.3 Å². The average molecular weight is 660 g/mol. The second-order valence-electron chi connectivity index (χ2n) is 11.6. The lowest BCUT2D eigenvalue weighted by molar-refractivity contribution is -0.159. The quantitative estimate of drug-likeness (QED) is 0.200. The first-order valence-corrected chi connectivity index (χ1v) is 16.5. The Morgan fingerprint density at radius 1 is 0.864 bits per heavy atom. The first kappa shape index (κ1) is 29.2. The molecule has 3 aromatic carbocycles. The first-order valence-electron chi connectivity index (χ1n) is 15.4. The number of aryl methyl sites for hydroxylation is 1. The molecule has 3 heterocycles. The molecule has 0 bridgehead atoms. The summed E-state index contributed by atoms with van der Waals surface area (Å²) < 4.78 is 31.8. The van der Waals surface area contributed by atoms with Crippen LogP contribution in [0.2, 0.25) is 0 Å². The second kappa shape index (κ2) is 12.8. The van der Waals surface area contributed by atoms with Gasteiger partial charge in [0.05, 0.1) is 11.9 Å². The van der Waals surface area contributed by atoms with Crippen molar-refractivity contribution in [1.29, 1.82) is 0 Å². The van der Waals surface area contributed by atoms with Crippen molar-refractivity contribution in [2.24, 2.45) is 0 Å². The molecule has 2 fully saturated rings. The van der Waals surface area contributed by atoms with Gasteiger partial charge in [-0.15, -0.1) is 0 Å². The van der Waals surface area contributed by atoms with E-state index >= 15 is 0 Å². The van der Waals surface area contributed by atoms with E-state index in [0.717, 1.165) is 67.5 Å². The van der Waals surface area contributed by atoms with Gasteiger partial charge in [-0.05, 0) is 62.1 Å². The number of benzene rings is 3.